The predicted molar refractivity (Wildman–Crippen MR) is 124 cm³/mol. The Morgan fingerprint density at radius 3 is 2.43 bits per heavy atom. The topological polar surface area (TPSA) is 73.8 Å². The summed E-state index contributed by atoms with van der Waals surface area (Å²) in [7, 11) is 1.69. The number of carbonyl (C=O) groups excluding carboxylic acids is 2. The molecule has 1 saturated heterocycles. The normalized spacial score (nSPS) is 26.7. The van der Waals surface area contributed by atoms with Gasteiger partial charge in [0.15, 0.2) is 5.96 Å². The predicted octanol–water partition coefficient (Wildman–Crippen LogP) is 2.35. The molecule has 3 aliphatic rings. The number of carbonyl (C=O) groups is 2. The number of nitrogens with zero attached hydrogens (tertiary/aromatic N) is 2. The maximum Gasteiger partial charge on any atom is 0.233 e. The van der Waals surface area contributed by atoms with Crippen molar-refractivity contribution in [3.05, 3.63) is 47.8 Å². The van der Waals surface area contributed by atoms with Gasteiger partial charge in [-0.3, -0.25) is 19.5 Å². The summed E-state index contributed by atoms with van der Waals surface area (Å²) in [4.78, 5) is 31.0. The van der Waals surface area contributed by atoms with Gasteiger partial charge in [-0.05, 0) is 48.8 Å². The Morgan fingerprint density at radius 2 is 1.80 bits per heavy atom. The van der Waals surface area contributed by atoms with Crippen LogP contribution >= 0.6 is 24.0 Å². The minimum absolute atomic E-state index is 0. The van der Waals surface area contributed by atoms with E-state index in [1.165, 1.54) is 17.0 Å². The zero-order chi connectivity index (χ0) is 20.4. The second kappa shape index (κ2) is 9.89. The van der Waals surface area contributed by atoms with Gasteiger partial charge in [-0.25, -0.2) is 4.39 Å². The van der Waals surface area contributed by atoms with Crippen LogP contribution in [0, 0.1) is 29.5 Å². The quantitative estimate of drug-likeness (QED) is 0.143. The number of halogens is 2. The lowest BCUT2D eigenvalue weighted by Crippen LogP contribution is -2.40. The van der Waals surface area contributed by atoms with Crippen LogP contribution in [0.5, 0.6) is 0 Å². The van der Waals surface area contributed by atoms with Crippen LogP contribution in [0.2, 0.25) is 0 Å². The molecule has 8 heteroatoms. The van der Waals surface area contributed by atoms with Gasteiger partial charge in [0.1, 0.15) is 5.82 Å². The third kappa shape index (κ3) is 4.53. The van der Waals surface area contributed by atoms with Crippen molar-refractivity contribution >= 4 is 41.8 Å². The highest BCUT2D eigenvalue weighted by atomic mass is 127. The van der Waals surface area contributed by atoms with Crippen LogP contribution < -0.4 is 10.6 Å². The van der Waals surface area contributed by atoms with Crippen LogP contribution in [0.4, 0.5) is 4.39 Å². The molecule has 2 amide bonds. The lowest BCUT2D eigenvalue weighted by Gasteiger charge is -2.18. The third-order valence-corrected chi connectivity index (χ3v) is 6.23. The lowest BCUT2D eigenvalue weighted by molar-refractivity contribution is -0.140. The van der Waals surface area contributed by atoms with Gasteiger partial charge in [-0.15, -0.1) is 24.0 Å². The first-order chi connectivity index (χ1) is 14.1. The van der Waals surface area contributed by atoms with Gasteiger partial charge in [0.25, 0.3) is 0 Å². The van der Waals surface area contributed by atoms with E-state index in [1.807, 2.05) is 6.07 Å². The molecule has 0 radical (unpaired) electrons. The third-order valence-electron chi connectivity index (χ3n) is 6.23. The fraction of sp³-hybridized carbons (Fsp3) is 0.500. The van der Waals surface area contributed by atoms with Crippen molar-refractivity contribution in [2.24, 2.45) is 28.7 Å². The minimum atomic E-state index is -0.232. The number of benzene rings is 1. The Bertz CT molecular complexity index is 829. The molecule has 1 aromatic rings. The minimum Gasteiger partial charge on any atom is -0.356 e. The molecule has 0 aromatic heterocycles. The number of rotatable bonds is 7. The van der Waals surface area contributed by atoms with Gasteiger partial charge in [0.2, 0.25) is 11.8 Å². The molecule has 1 heterocycles. The van der Waals surface area contributed by atoms with E-state index in [1.54, 1.807) is 13.1 Å². The molecule has 2 aliphatic carbocycles. The number of hydrogen-bond acceptors (Lipinski definition) is 3. The number of allylic oxidation sites excluding steroid dienone is 2. The molecule has 2 bridgehead atoms. The monoisotopic (exact) mass is 526 g/mol. The molecule has 1 saturated carbocycles. The van der Waals surface area contributed by atoms with Crippen molar-refractivity contribution in [1.82, 2.24) is 15.5 Å². The molecule has 2 fully saturated rings. The van der Waals surface area contributed by atoms with Gasteiger partial charge in [0, 0.05) is 26.7 Å². The summed E-state index contributed by atoms with van der Waals surface area (Å²) in [6, 6.07) is 6.55. The Kier molecular flexibility index (Phi) is 7.49. The van der Waals surface area contributed by atoms with Crippen molar-refractivity contribution in [1.29, 1.82) is 0 Å². The van der Waals surface area contributed by atoms with Crippen LogP contribution in [0.3, 0.4) is 0 Å². The summed E-state index contributed by atoms with van der Waals surface area (Å²) in [6.45, 7) is 1.68. The average Bonchev–Trinajstić information content (AvgIpc) is 3.39. The number of likely N-dealkylation sites (tertiary alicyclic amines) is 1. The van der Waals surface area contributed by atoms with Crippen LogP contribution in [-0.4, -0.2) is 49.4 Å². The zero-order valence-electron chi connectivity index (χ0n) is 17.0. The molecule has 4 rings (SSSR count). The smallest absolute Gasteiger partial charge is 0.233 e. The summed E-state index contributed by atoms with van der Waals surface area (Å²) in [5, 5.41) is 6.40. The Balaban J connectivity index is 0.00000256. The maximum absolute atomic E-state index is 13.2. The number of hydrogen-bond donors (Lipinski definition) is 2. The van der Waals surface area contributed by atoms with Gasteiger partial charge < -0.3 is 10.6 Å². The van der Waals surface area contributed by atoms with E-state index in [4.69, 9.17) is 0 Å². The highest BCUT2D eigenvalue weighted by Crippen LogP contribution is 2.52. The average molecular weight is 526 g/mol. The number of aliphatic imine (C=N–C) groups is 1. The molecule has 4 unspecified atom stereocenters. The molecule has 1 aromatic carbocycles. The van der Waals surface area contributed by atoms with Crippen LogP contribution in [-0.2, 0) is 16.0 Å². The van der Waals surface area contributed by atoms with Gasteiger partial charge >= 0.3 is 0 Å². The second-order valence-electron chi connectivity index (χ2n) is 7.99. The molecule has 4 atom stereocenters. The summed E-state index contributed by atoms with van der Waals surface area (Å²) in [5.41, 5.74) is 0.924. The number of imide groups is 1. The highest BCUT2D eigenvalue weighted by Gasteiger charge is 2.58. The zero-order valence-corrected chi connectivity index (χ0v) is 19.3. The summed E-state index contributed by atoms with van der Waals surface area (Å²) >= 11 is 0. The first kappa shape index (κ1) is 22.7. The van der Waals surface area contributed by atoms with Crippen LogP contribution in [0.15, 0.2) is 41.4 Å². The maximum atomic E-state index is 13.2. The number of amides is 2. The van der Waals surface area contributed by atoms with Gasteiger partial charge in [0.05, 0.1) is 11.8 Å². The first-order valence-corrected chi connectivity index (χ1v) is 10.3. The van der Waals surface area contributed by atoms with Gasteiger partial charge in [-0.2, -0.15) is 0 Å². The van der Waals surface area contributed by atoms with E-state index in [-0.39, 0.29) is 65.3 Å². The summed E-state index contributed by atoms with van der Waals surface area (Å²) < 4.78 is 13.2. The Morgan fingerprint density at radius 1 is 1.13 bits per heavy atom. The van der Waals surface area contributed by atoms with Crippen molar-refractivity contribution in [3.8, 4) is 0 Å². The van der Waals surface area contributed by atoms with E-state index in [2.05, 4.69) is 27.8 Å². The Labute approximate surface area is 193 Å². The van der Waals surface area contributed by atoms with E-state index < -0.39 is 0 Å². The Hall–Kier alpha value is -1.97. The van der Waals surface area contributed by atoms with E-state index >= 15 is 0 Å². The van der Waals surface area contributed by atoms with Crippen molar-refractivity contribution in [3.63, 3.8) is 0 Å². The molecule has 0 spiro atoms. The fourth-order valence-corrected chi connectivity index (χ4v) is 4.87. The number of fused-ring (bicyclic) bond motifs is 5. The van der Waals surface area contributed by atoms with E-state index in [0.717, 1.165) is 12.0 Å². The van der Waals surface area contributed by atoms with E-state index in [0.29, 0.717) is 38.4 Å². The van der Waals surface area contributed by atoms with Gasteiger partial charge in [-0.1, -0.05) is 24.3 Å². The van der Waals surface area contributed by atoms with Crippen LogP contribution in [0.1, 0.15) is 18.4 Å². The standard InChI is InChI=1S/C22H27FN4O2.HI/c1-24-22(26-10-8-14-4-2-5-17(23)12-14)25-9-3-11-27-20(28)18-15-6-7-16(13-15)19(18)21(27)29;/h2,4-7,12,15-16,18-19H,3,8-11,13H2,1H3,(H2,24,25,26);1H. The van der Waals surface area contributed by atoms with E-state index in [9.17, 15) is 14.0 Å². The molecular formula is C22H28FIN4O2. The number of nitrogens with one attached hydrogen (secondary N) is 2. The summed E-state index contributed by atoms with van der Waals surface area (Å²) in [5.74, 6) is 0.703. The lowest BCUT2D eigenvalue weighted by atomic mass is 9.85. The van der Waals surface area contributed by atoms with Crippen molar-refractivity contribution < 1.29 is 14.0 Å². The molecule has 6 nitrogen and oxygen atoms in total. The molecule has 30 heavy (non-hydrogen) atoms. The summed E-state index contributed by atoms with van der Waals surface area (Å²) in [6.07, 6.45) is 6.54. The SMILES string of the molecule is CN=C(NCCCN1C(=O)C2C3C=CC(C3)C2C1=O)NCCc1cccc(F)c1.I. The first-order valence-electron chi connectivity index (χ1n) is 10.3. The van der Waals surface area contributed by atoms with Crippen molar-refractivity contribution in [2.75, 3.05) is 26.7 Å². The van der Waals surface area contributed by atoms with Crippen molar-refractivity contribution in [2.45, 2.75) is 19.3 Å². The largest absolute Gasteiger partial charge is 0.356 e. The number of guanidine groups is 1. The van der Waals surface area contributed by atoms with Crippen LogP contribution in [0.25, 0.3) is 0 Å². The highest BCUT2D eigenvalue weighted by molar-refractivity contribution is 14.0. The molecule has 162 valence electrons. The second-order valence-corrected chi connectivity index (χ2v) is 7.99. The fourth-order valence-electron chi connectivity index (χ4n) is 4.87. The molecule has 2 N–H and O–H groups in total. The molecule has 1 aliphatic heterocycles. The molecular weight excluding hydrogens is 498 g/mol.